The van der Waals surface area contributed by atoms with E-state index in [4.69, 9.17) is 10.5 Å². The van der Waals surface area contributed by atoms with E-state index < -0.39 is 5.91 Å². The third-order valence-electron chi connectivity index (χ3n) is 7.04. The molecule has 1 aromatic heterocycles. The second-order valence-corrected chi connectivity index (χ2v) is 9.47. The Balaban J connectivity index is 1.46. The molecule has 0 saturated carbocycles. The number of nitrogens with one attached hydrogen (secondary N) is 1. The zero-order chi connectivity index (χ0) is 28.4. The van der Waals surface area contributed by atoms with Gasteiger partial charge in [0, 0.05) is 38.4 Å². The van der Waals surface area contributed by atoms with E-state index in [9.17, 15) is 14.4 Å². The number of nitrogens with zero attached hydrogens (tertiary/aromatic N) is 4. The lowest BCUT2D eigenvalue weighted by Crippen LogP contribution is -2.39. The molecule has 204 valence electrons. The molecule has 0 unspecified atom stereocenters. The van der Waals surface area contributed by atoms with Crippen LogP contribution in [0.2, 0.25) is 0 Å². The van der Waals surface area contributed by atoms with Gasteiger partial charge >= 0.3 is 6.03 Å². The topological polar surface area (TPSA) is 123 Å². The molecule has 3 N–H and O–H groups in total. The van der Waals surface area contributed by atoms with E-state index in [0.717, 1.165) is 22.4 Å². The third-order valence-corrected chi connectivity index (χ3v) is 7.04. The molecule has 4 amide bonds. The van der Waals surface area contributed by atoms with Crippen LogP contribution in [0.4, 0.5) is 10.5 Å². The zero-order valence-corrected chi connectivity index (χ0v) is 22.5. The summed E-state index contributed by atoms with van der Waals surface area (Å²) < 4.78 is 6.72. The lowest BCUT2D eigenvalue weighted by atomic mass is 9.98. The van der Waals surface area contributed by atoms with Crippen molar-refractivity contribution in [2.45, 2.75) is 13.0 Å². The van der Waals surface area contributed by atoms with Crippen LogP contribution in [0.5, 0.6) is 5.75 Å². The van der Waals surface area contributed by atoms with Crippen LogP contribution in [0, 0.1) is 0 Å². The summed E-state index contributed by atoms with van der Waals surface area (Å²) in [6.07, 6.45) is 0.436. The zero-order valence-electron chi connectivity index (χ0n) is 22.5. The molecule has 0 fully saturated rings. The highest BCUT2D eigenvalue weighted by molar-refractivity contribution is 6.09. The Hall–Kier alpha value is -5.12. The SMILES string of the molecule is CNC(=O)N(C)Cc1ccccc1-c1ccc(N2CCc3c(C(N)=O)nn(-c4ccc(OC)cc4)c3C2=O)cc1. The van der Waals surface area contributed by atoms with E-state index in [0.29, 0.717) is 42.2 Å². The summed E-state index contributed by atoms with van der Waals surface area (Å²) in [5.41, 5.74) is 10.9. The minimum Gasteiger partial charge on any atom is -0.497 e. The average molecular weight is 539 g/mol. The number of urea groups is 1. The minimum atomic E-state index is -0.671. The molecule has 2 heterocycles. The van der Waals surface area contributed by atoms with Gasteiger partial charge in [0.1, 0.15) is 11.4 Å². The maximum Gasteiger partial charge on any atom is 0.317 e. The monoisotopic (exact) mass is 538 g/mol. The van der Waals surface area contributed by atoms with Crippen LogP contribution in [-0.4, -0.2) is 60.3 Å². The van der Waals surface area contributed by atoms with Crippen molar-refractivity contribution in [3.8, 4) is 22.6 Å². The molecular formula is C30H30N6O4. The highest BCUT2D eigenvalue weighted by atomic mass is 16.5. The molecule has 10 heteroatoms. The van der Waals surface area contributed by atoms with E-state index >= 15 is 0 Å². The van der Waals surface area contributed by atoms with Gasteiger partial charge in [-0.05, 0) is 59.5 Å². The molecule has 3 aromatic carbocycles. The van der Waals surface area contributed by atoms with Crippen molar-refractivity contribution in [1.29, 1.82) is 0 Å². The summed E-state index contributed by atoms with van der Waals surface area (Å²) in [4.78, 5) is 41.3. The Morgan fingerprint density at radius 2 is 1.70 bits per heavy atom. The average Bonchev–Trinajstić information content (AvgIpc) is 3.38. The first-order chi connectivity index (χ1) is 19.3. The Morgan fingerprint density at radius 3 is 2.35 bits per heavy atom. The fraction of sp³-hybridized carbons (Fsp3) is 0.200. The number of nitrogens with two attached hydrogens (primary N) is 1. The fourth-order valence-corrected chi connectivity index (χ4v) is 4.99. The van der Waals surface area contributed by atoms with Crippen LogP contribution in [0.25, 0.3) is 16.8 Å². The van der Waals surface area contributed by atoms with E-state index in [1.165, 1.54) is 4.68 Å². The second kappa shape index (κ2) is 10.9. The molecule has 4 aromatic rings. The van der Waals surface area contributed by atoms with Gasteiger partial charge in [-0.3, -0.25) is 9.59 Å². The quantitative estimate of drug-likeness (QED) is 0.372. The number of fused-ring (bicyclic) bond motifs is 1. The Kier molecular flexibility index (Phi) is 7.24. The van der Waals surface area contributed by atoms with E-state index in [1.54, 1.807) is 55.3 Å². The summed E-state index contributed by atoms with van der Waals surface area (Å²) in [5, 5.41) is 7.06. The Bertz CT molecular complexity index is 1580. The number of carbonyl (C=O) groups excluding carboxylic acids is 3. The predicted octanol–water partition coefficient (Wildman–Crippen LogP) is 3.62. The minimum absolute atomic E-state index is 0.104. The predicted molar refractivity (Wildman–Crippen MR) is 152 cm³/mol. The Labute approximate surface area is 231 Å². The molecule has 0 atom stereocenters. The van der Waals surface area contributed by atoms with Crippen LogP contribution in [-0.2, 0) is 13.0 Å². The molecule has 0 radical (unpaired) electrons. The number of carbonyl (C=O) groups is 3. The van der Waals surface area contributed by atoms with Crippen molar-refractivity contribution in [2.75, 3.05) is 32.6 Å². The Morgan fingerprint density at radius 1 is 1.02 bits per heavy atom. The molecule has 5 rings (SSSR count). The fourth-order valence-electron chi connectivity index (χ4n) is 4.99. The maximum absolute atomic E-state index is 13.8. The third kappa shape index (κ3) is 4.86. The van der Waals surface area contributed by atoms with Gasteiger partial charge in [0.2, 0.25) is 0 Å². The van der Waals surface area contributed by atoms with Crippen molar-refractivity contribution < 1.29 is 19.1 Å². The number of aromatic nitrogens is 2. The number of methoxy groups -OCH3 is 1. The van der Waals surface area contributed by atoms with Gasteiger partial charge in [0.25, 0.3) is 11.8 Å². The standard InChI is InChI=1S/C30H30N6O4/c1-32-30(39)34(2)18-20-6-4-5-7-24(20)19-8-10-21(11-9-19)35-17-16-25-26(28(31)37)33-36(27(25)29(35)38)22-12-14-23(40-3)15-13-22/h4-15H,16-18H2,1-3H3,(H2,31,37)(H,32,39). The van der Waals surface area contributed by atoms with Gasteiger partial charge in [-0.25, -0.2) is 9.48 Å². The molecule has 40 heavy (non-hydrogen) atoms. The van der Waals surface area contributed by atoms with Gasteiger partial charge in [0.05, 0.1) is 12.8 Å². The lowest BCUT2D eigenvalue weighted by Gasteiger charge is -2.28. The summed E-state index contributed by atoms with van der Waals surface area (Å²) in [7, 11) is 4.92. The smallest absolute Gasteiger partial charge is 0.317 e. The molecule has 1 aliphatic heterocycles. The van der Waals surface area contributed by atoms with Gasteiger partial charge in [-0.15, -0.1) is 0 Å². The van der Waals surface area contributed by atoms with Crippen LogP contribution < -0.4 is 20.7 Å². The summed E-state index contributed by atoms with van der Waals surface area (Å²) in [5.74, 6) is -0.276. The highest BCUT2D eigenvalue weighted by Crippen LogP contribution is 2.31. The van der Waals surface area contributed by atoms with Crippen LogP contribution in [0.15, 0.2) is 72.8 Å². The summed E-state index contributed by atoms with van der Waals surface area (Å²) >= 11 is 0. The molecule has 0 saturated heterocycles. The summed E-state index contributed by atoms with van der Waals surface area (Å²) in [6.45, 7) is 0.829. The normalized spacial score (nSPS) is 12.6. The van der Waals surface area contributed by atoms with Crippen molar-refractivity contribution in [2.24, 2.45) is 5.73 Å². The molecular weight excluding hydrogens is 508 g/mol. The van der Waals surface area contributed by atoms with Crippen molar-refractivity contribution >= 4 is 23.5 Å². The molecule has 0 aliphatic carbocycles. The largest absolute Gasteiger partial charge is 0.497 e. The molecule has 10 nitrogen and oxygen atoms in total. The summed E-state index contributed by atoms with van der Waals surface area (Å²) in [6, 6.07) is 22.6. The first kappa shape index (κ1) is 26.5. The molecule has 0 spiro atoms. The maximum atomic E-state index is 13.8. The van der Waals surface area contributed by atoms with Gasteiger partial charge in [0.15, 0.2) is 5.69 Å². The number of ether oxygens (including phenoxy) is 1. The number of benzene rings is 3. The molecule has 1 aliphatic rings. The highest BCUT2D eigenvalue weighted by Gasteiger charge is 2.34. The first-order valence-electron chi connectivity index (χ1n) is 12.8. The lowest BCUT2D eigenvalue weighted by molar-refractivity contribution is 0.0972. The number of anilines is 1. The number of amides is 4. The van der Waals surface area contributed by atoms with Crippen molar-refractivity contribution in [3.63, 3.8) is 0 Å². The first-order valence-corrected chi connectivity index (χ1v) is 12.8. The number of primary amides is 1. The number of rotatable bonds is 7. The van der Waals surface area contributed by atoms with E-state index in [-0.39, 0.29) is 17.6 Å². The number of hydrogen-bond donors (Lipinski definition) is 2. The van der Waals surface area contributed by atoms with Gasteiger partial charge in [-0.1, -0.05) is 36.4 Å². The van der Waals surface area contributed by atoms with Gasteiger partial charge in [-0.2, -0.15) is 5.10 Å². The van der Waals surface area contributed by atoms with E-state index in [1.807, 2.05) is 48.5 Å². The van der Waals surface area contributed by atoms with Crippen LogP contribution in [0.1, 0.15) is 32.1 Å². The second-order valence-electron chi connectivity index (χ2n) is 9.47. The van der Waals surface area contributed by atoms with Gasteiger partial charge < -0.3 is 25.6 Å². The number of hydrogen-bond acceptors (Lipinski definition) is 5. The van der Waals surface area contributed by atoms with Crippen molar-refractivity contribution in [1.82, 2.24) is 20.0 Å². The van der Waals surface area contributed by atoms with Crippen LogP contribution >= 0.6 is 0 Å². The van der Waals surface area contributed by atoms with Crippen LogP contribution in [0.3, 0.4) is 0 Å². The van der Waals surface area contributed by atoms with Crippen molar-refractivity contribution in [3.05, 3.63) is 95.3 Å². The van der Waals surface area contributed by atoms with E-state index in [2.05, 4.69) is 10.4 Å². The molecule has 0 bridgehead atoms.